The van der Waals surface area contributed by atoms with Crippen LogP contribution in [0, 0.1) is 5.92 Å². The van der Waals surface area contributed by atoms with Gasteiger partial charge in [0.15, 0.2) is 0 Å². The molecule has 1 saturated heterocycles. The maximum Gasteiger partial charge on any atom is 0.315 e. The van der Waals surface area contributed by atoms with Crippen LogP contribution in [-0.2, 0) is 0 Å². The largest absolute Gasteiger partial charge is 0.394 e. The van der Waals surface area contributed by atoms with Crippen molar-refractivity contribution in [2.24, 2.45) is 5.92 Å². The Morgan fingerprint density at radius 2 is 1.78 bits per heavy atom. The van der Waals surface area contributed by atoms with Crippen LogP contribution in [-0.4, -0.2) is 78.9 Å². The Morgan fingerprint density at radius 1 is 1.17 bits per heavy atom. The van der Waals surface area contributed by atoms with E-state index in [-0.39, 0.29) is 18.2 Å². The number of hydrogen-bond acceptors (Lipinski definition) is 4. The molecule has 1 atom stereocenters. The highest BCUT2D eigenvalue weighted by Crippen LogP contribution is 2.28. The smallest absolute Gasteiger partial charge is 0.315 e. The highest BCUT2D eigenvalue weighted by Gasteiger charge is 2.34. The molecule has 1 aliphatic carbocycles. The first kappa shape index (κ1) is 18.5. The molecule has 2 aliphatic rings. The topological polar surface area (TPSA) is 67.8 Å². The third-order valence-corrected chi connectivity index (χ3v) is 5.34. The van der Waals surface area contributed by atoms with Gasteiger partial charge in [0.25, 0.3) is 0 Å². The molecule has 2 amide bonds. The molecule has 3 N–H and O–H groups in total. The van der Waals surface area contributed by atoms with Crippen molar-refractivity contribution in [2.45, 2.75) is 45.1 Å². The van der Waals surface area contributed by atoms with E-state index in [0.717, 1.165) is 65.0 Å². The number of piperazine rings is 1. The van der Waals surface area contributed by atoms with Gasteiger partial charge < -0.3 is 25.5 Å². The molecule has 6 heteroatoms. The van der Waals surface area contributed by atoms with E-state index in [2.05, 4.69) is 34.3 Å². The van der Waals surface area contributed by atoms with Gasteiger partial charge in [-0.2, -0.15) is 0 Å². The number of carbonyl (C=O) groups is 1. The fourth-order valence-electron chi connectivity index (χ4n) is 3.72. The lowest BCUT2D eigenvalue weighted by Gasteiger charge is -2.35. The highest BCUT2D eigenvalue weighted by molar-refractivity contribution is 5.74. The number of rotatable bonds is 7. The number of aliphatic hydroxyl groups is 1. The Balaban J connectivity index is 1.64. The lowest BCUT2D eigenvalue weighted by atomic mass is 9.99. The van der Waals surface area contributed by atoms with E-state index >= 15 is 0 Å². The van der Waals surface area contributed by atoms with Crippen LogP contribution in [0.5, 0.6) is 0 Å². The van der Waals surface area contributed by atoms with Crippen molar-refractivity contribution in [3.63, 3.8) is 0 Å². The molecule has 0 aromatic heterocycles. The lowest BCUT2D eigenvalue weighted by Crippen LogP contribution is -2.54. The predicted molar refractivity (Wildman–Crippen MR) is 92.5 cm³/mol. The highest BCUT2D eigenvalue weighted by atomic mass is 16.3. The number of urea groups is 1. The van der Waals surface area contributed by atoms with E-state index in [0.29, 0.717) is 12.5 Å². The molecule has 1 unspecified atom stereocenters. The van der Waals surface area contributed by atoms with Gasteiger partial charge in [0.05, 0.1) is 12.1 Å². The van der Waals surface area contributed by atoms with Gasteiger partial charge in [-0.3, -0.25) is 0 Å². The molecular weight excluding hydrogens is 292 g/mol. The van der Waals surface area contributed by atoms with E-state index in [9.17, 15) is 9.90 Å². The molecule has 134 valence electrons. The van der Waals surface area contributed by atoms with Crippen molar-refractivity contribution in [3.8, 4) is 0 Å². The summed E-state index contributed by atoms with van der Waals surface area (Å²) in [6.07, 6.45) is 3.93. The first-order valence-electron chi connectivity index (χ1n) is 9.18. The van der Waals surface area contributed by atoms with E-state index in [4.69, 9.17) is 0 Å². The standard InChI is InChI=1S/C17H34N4O2/c1-3-20-8-10-21(11-9-20)13-15(2)12-18-16(23)19-17(14-22)6-4-5-7-17/h15,22H,3-14H2,1-2H3,(H2,18,19,23). The van der Waals surface area contributed by atoms with Crippen molar-refractivity contribution in [3.05, 3.63) is 0 Å². The SMILES string of the molecule is CCN1CCN(CC(C)CNC(=O)NC2(CO)CCCC2)CC1. The number of nitrogens with zero attached hydrogens (tertiary/aromatic N) is 2. The Hall–Kier alpha value is -0.850. The fourth-order valence-corrected chi connectivity index (χ4v) is 3.72. The minimum Gasteiger partial charge on any atom is -0.394 e. The average Bonchev–Trinajstić information content (AvgIpc) is 3.03. The van der Waals surface area contributed by atoms with Gasteiger partial charge >= 0.3 is 6.03 Å². The van der Waals surface area contributed by atoms with Crippen molar-refractivity contribution >= 4 is 6.03 Å². The predicted octanol–water partition coefficient (Wildman–Crippen LogP) is 0.864. The zero-order chi connectivity index (χ0) is 16.7. The van der Waals surface area contributed by atoms with E-state index in [1.807, 2.05) is 0 Å². The van der Waals surface area contributed by atoms with Gasteiger partial charge in [-0.1, -0.05) is 26.7 Å². The summed E-state index contributed by atoms with van der Waals surface area (Å²) < 4.78 is 0. The fraction of sp³-hybridized carbons (Fsp3) is 0.941. The molecule has 1 saturated carbocycles. The van der Waals surface area contributed by atoms with Crippen LogP contribution in [0.3, 0.4) is 0 Å². The monoisotopic (exact) mass is 326 g/mol. The van der Waals surface area contributed by atoms with Crippen LogP contribution in [0.4, 0.5) is 4.79 Å². The number of likely N-dealkylation sites (N-methyl/N-ethyl adjacent to an activating group) is 1. The maximum absolute atomic E-state index is 12.1. The summed E-state index contributed by atoms with van der Waals surface area (Å²) in [5.41, 5.74) is -0.385. The summed E-state index contributed by atoms with van der Waals surface area (Å²) in [6, 6.07) is -0.136. The summed E-state index contributed by atoms with van der Waals surface area (Å²) in [5, 5.41) is 15.5. The molecule has 2 rings (SSSR count). The Bertz CT molecular complexity index is 364. The number of nitrogens with one attached hydrogen (secondary N) is 2. The van der Waals surface area contributed by atoms with Gasteiger partial charge in [-0.15, -0.1) is 0 Å². The third kappa shape index (κ3) is 5.62. The van der Waals surface area contributed by atoms with Gasteiger partial charge in [0.1, 0.15) is 0 Å². The second-order valence-corrected chi connectivity index (χ2v) is 7.32. The Kier molecular flexibility index (Phi) is 7.11. The molecular formula is C17H34N4O2. The first-order valence-corrected chi connectivity index (χ1v) is 9.18. The van der Waals surface area contributed by atoms with Crippen molar-refractivity contribution in [2.75, 3.05) is 52.4 Å². The Labute approximate surface area is 140 Å². The normalized spacial score (nSPS) is 23.6. The first-order chi connectivity index (χ1) is 11.1. The van der Waals surface area contributed by atoms with Crippen molar-refractivity contribution in [1.29, 1.82) is 0 Å². The van der Waals surface area contributed by atoms with Crippen LogP contribution in [0.25, 0.3) is 0 Å². The van der Waals surface area contributed by atoms with Gasteiger partial charge in [-0.05, 0) is 25.3 Å². The minimum absolute atomic E-state index is 0.0394. The summed E-state index contributed by atoms with van der Waals surface area (Å²) in [5.74, 6) is 0.433. The molecule has 6 nitrogen and oxygen atoms in total. The minimum atomic E-state index is -0.385. The molecule has 23 heavy (non-hydrogen) atoms. The number of hydrogen-bond donors (Lipinski definition) is 3. The quantitative estimate of drug-likeness (QED) is 0.649. The third-order valence-electron chi connectivity index (χ3n) is 5.34. The van der Waals surface area contributed by atoms with E-state index in [1.54, 1.807) is 0 Å². The van der Waals surface area contributed by atoms with Crippen LogP contribution >= 0.6 is 0 Å². The maximum atomic E-state index is 12.1. The number of aliphatic hydroxyl groups excluding tert-OH is 1. The van der Waals surface area contributed by atoms with Gasteiger partial charge in [0.2, 0.25) is 0 Å². The molecule has 0 aromatic rings. The van der Waals surface area contributed by atoms with Crippen LogP contribution in [0.2, 0.25) is 0 Å². The summed E-state index contributed by atoms with van der Waals surface area (Å²) in [4.78, 5) is 17.1. The molecule has 0 bridgehead atoms. The summed E-state index contributed by atoms with van der Waals surface area (Å²) in [6.45, 7) is 11.8. The molecule has 0 spiro atoms. The summed E-state index contributed by atoms with van der Waals surface area (Å²) >= 11 is 0. The average molecular weight is 326 g/mol. The second-order valence-electron chi connectivity index (χ2n) is 7.32. The molecule has 1 aliphatic heterocycles. The van der Waals surface area contributed by atoms with Gasteiger partial charge in [-0.25, -0.2) is 4.79 Å². The Morgan fingerprint density at radius 3 is 2.35 bits per heavy atom. The van der Waals surface area contributed by atoms with Crippen molar-refractivity contribution < 1.29 is 9.90 Å². The zero-order valence-corrected chi connectivity index (χ0v) is 14.8. The molecule has 0 radical (unpaired) electrons. The van der Waals surface area contributed by atoms with Crippen LogP contribution in [0.15, 0.2) is 0 Å². The van der Waals surface area contributed by atoms with Crippen LogP contribution in [0.1, 0.15) is 39.5 Å². The van der Waals surface area contributed by atoms with Crippen LogP contribution < -0.4 is 10.6 Å². The molecule has 2 fully saturated rings. The number of amides is 2. The zero-order valence-electron chi connectivity index (χ0n) is 14.8. The second kappa shape index (κ2) is 8.85. The van der Waals surface area contributed by atoms with Crippen molar-refractivity contribution in [1.82, 2.24) is 20.4 Å². The lowest BCUT2D eigenvalue weighted by molar-refractivity contribution is 0.123. The van der Waals surface area contributed by atoms with Gasteiger partial charge in [0, 0.05) is 39.3 Å². The van der Waals surface area contributed by atoms with E-state index in [1.165, 1.54) is 0 Å². The molecule has 0 aromatic carbocycles. The molecule has 1 heterocycles. The van der Waals surface area contributed by atoms with E-state index < -0.39 is 0 Å². The summed E-state index contributed by atoms with van der Waals surface area (Å²) in [7, 11) is 0. The number of carbonyl (C=O) groups excluding carboxylic acids is 1.